The molecule has 2 fully saturated rings. The van der Waals surface area contributed by atoms with Crippen LogP contribution in [0.3, 0.4) is 0 Å². The van der Waals surface area contributed by atoms with Crippen LogP contribution in [0, 0.1) is 5.92 Å². The predicted molar refractivity (Wildman–Crippen MR) is 82.7 cm³/mol. The smallest absolute Gasteiger partial charge is 0.0366 e. The Morgan fingerprint density at radius 2 is 1.79 bits per heavy atom. The average Bonchev–Trinajstić information content (AvgIpc) is 2.36. The fraction of sp³-hybridized carbons (Fsp3) is 0.444. The first-order valence-electron chi connectivity index (χ1n) is 7.32. The van der Waals surface area contributed by atoms with Crippen molar-refractivity contribution in [1.82, 2.24) is 0 Å². The van der Waals surface area contributed by atoms with Gasteiger partial charge in [0.15, 0.2) is 0 Å². The van der Waals surface area contributed by atoms with E-state index in [2.05, 4.69) is 49.2 Å². The lowest BCUT2D eigenvalue weighted by Crippen LogP contribution is -2.45. The van der Waals surface area contributed by atoms with E-state index >= 15 is 0 Å². The SMILES string of the molecule is C=C1CCC(c2ccc(N3CC(C)C3)cc2)C(=C)C1. The van der Waals surface area contributed by atoms with Gasteiger partial charge in [-0.3, -0.25) is 0 Å². The highest BCUT2D eigenvalue weighted by molar-refractivity contribution is 5.51. The Labute approximate surface area is 116 Å². The predicted octanol–water partition coefficient (Wildman–Crippen LogP) is 4.52. The van der Waals surface area contributed by atoms with Gasteiger partial charge in [-0.15, -0.1) is 0 Å². The average molecular weight is 253 g/mol. The van der Waals surface area contributed by atoms with E-state index in [4.69, 9.17) is 0 Å². The van der Waals surface area contributed by atoms with E-state index in [1.54, 1.807) is 0 Å². The molecule has 100 valence electrons. The van der Waals surface area contributed by atoms with Crippen LogP contribution in [0.1, 0.15) is 37.7 Å². The zero-order valence-electron chi connectivity index (χ0n) is 11.9. The van der Waals surface area contributed by atoms with Gasteiger partial charge in [0.25, 0.3) is 0 Å². The molecule has 1 nitrogen and oxygen atoms in total. The number of anilines is 1. The number of nitrogens with zero attached hydrogens (tertiary/aromatic N) is 1. The van der Waals surface area contributed by atoms with Crippen molar-refractivity contribution in [3.8, 4) is 0 Å². The number of allylic oxidation sites excluding steroid dienone is 2. The van der Waals surface area contributed by atoms with Crippen LogP contribution in [0.5, 0.6) is 0 Å². The Morgan fingerprint density at radius 1 is 1.11 bits per heavy atom. The third-order valence-corrected chi connectivity index (χ3v) is 4.48. The van der Waals surface area contributed by atoms with E-state index in [0.717, 1.165) is 18.8 Å². The van der Waals surface area contributed by atoms with Crippen LogP contribution < -0.4 is 4.90 Å². The van der Waals surface area contributed by atoms with Crippen molar-refractivity contribution in [2.75, 3.05) is 18.0 Å². The number of hydrogen-bond donors (Lipinski definition) is 0. The highest BCUT2D eigenvalue weighted by Crippen LogP contribution is 2.38. The molecule has 1 aromatic rings. The number of rotatable bonds is 2. The molecule has 2 aliphatic rings. The first kappa shape index (κ1) is 12.5. The van der Waals surface area contributed by atoms with Crippen LogP contribution in [-0.4, -0.2) is 13.1 Å². The van der Waals surface area contributed by atoms with E-state index in [1.165, 1.54) is 41.9 Å². The normalized spacial score (nSPS) is 24.5. The summed E-state index contributed by atoms with van der Waals surface area (Å²) in [7, 11) is 0. The van der Waals surface area contributed by atoms with Gasteiger partial charge in [0, 0.05) is 24.7 Å². The molecule has 0 spiro atoms. The van der Waals surface area contributed by atoms with Crippen molar-refractivity contribution in [2.24, 2.45) is 5.92 Å². The Bertz CT molecular complexity index is 491. The molecule has 1 aliphatic carbocycles. The summed E-state index contributed by atoms with van der Waals surface area (Å²) < 4.78 is 0. The topological polar surface area (TPSA) is 3.24 Å². The first-order valence-corrected chi connectivity index (χ1v) is 7.32. The van der Waals surface area contributed by atoms with Crippen molar-refractivity contribution in [2.45, 2.75) is 32.1 Å². The van der Waals surface area contributed by atoms with Gasteiger partial charge in [0.2, 0.25) is 0 Å². The maximum absolute atomic E-state index is 4.25. The fourth-order valence-corrected chi connectivity index (χ4v) is 3.31. The second kappa shape index (κ2) is 4.88. The van der Waals surface area contributed by atoms with E-state index in [9.17, 15) is 0 Å². The van der Waals surface area contributed by atoms with E-state index in [1.807, 2.05) is 0 Å². The van der Waals surface area contributed by atoms with Gasteiger partial charge in [0.05, 0.1) is 0 Å². The zero-order chi connectivity index (χ0) is 13.4. The lowest BCUT2D eigenvalue weighted by Gasteiger charge is -2.39. The minimum atomic E-state index is 0.537. The zero-order valence-corrected chi connectivity index (χ0v) is 11.9. The third kappa shape index (κ3) is 2.47. The van der Waals surface area contributed by atoms with Gasteiger partial charge in [-0.1, -0.05) is 43.4 Å². The van der Waals surface area contributed by atoms with Gasteiger partial charge in [-0.05, 0) is 42.9 Å². The summed E-state index contributed by atoms with van der Waals surface area (Å²) in [4.78, 5) is 2.45. The minimum absolute atomic E-state index is 0.537. The third-order valence-electron chi connectivity index (χ3n) is 4.48. The summed E-state index contributed by atoms with van der Waals surface area (Å²) in [6.07, 6.45) is 3.34. The number of hydrogen-bond acceptors (Lipinski definition) is 1. The van der Waals surface area contributed by atoms with Crippen LogP contribution >= 0.6 is 0 Å². The Balaban J connectivity index is 1.72. The van der Waals surface area contributed by atoms with Crippen LogP contribution in [0.15, 0.2) is 48.6 Å². The van der Waals surface area contributed by atoms with Gasteiger partial charge in [-0.2, -0.15) is 0 Å². The van der Waals surface area contributed by atoms with Crippen molar-refractivity contribution in [3.05, 3.63) is 54.1 Å². The Kier molecular flexibility index (Phi) is 3.22. The van der Waals surface area contributed by atoms with Gasteiger partial charge in [-0.25, -0.2) is 0 Å². The van der Waals surface area contributed by atoms with Crippen molar-refractivity contribution >= 4 is 5.69 Å². The van der Waals surface area contributed by atoms with Crippen LogP contribution in [0.25, 0.3) is 0 Å². The second-order valence-electron chi connectivity index (χ2n) is 6.28. The second-order valence-corrected chi connectivity index (χ2v) is 6.28. The summed E-state index contributed by atoms with van der Waals surface area (Å²) in [6.45, 7) is 13.1. The highest BCUT2D eigenvalue weighted by atomic mass is 15.2. The van der Waals surface area contributed by atoms with Crippen molar-refractivity contribution in [1.29, 1.82) is 0 Å². The molecule has 1 heteroatoms. The van der Waals surface area contributed by atoms with Crippen molar-refractivity contribution < 1.29 is 0 Å². The Hall–Kier alpha value is -1.50. The molecule has 3 rings (SSSR count). The largest absolute Gasteiger partial charge is 0.371 e. The molecular formula is C18H23N. The van der Waals surface area contributed by atoms with E-state index in [0.29, 0.717) is 5.92 Å². The maximum Gasteiger partial charge on any atom is 0.0366 e. The van der Waals surface area contributed by atoms with E-state index < -0.39 is 0 Å². The van der Waals surface area contributed by atoms with Crippen LogP contribution in [0.4, 0.5) is 5.69 Å². The highest BCUT2D eigenvalue weighted by Gasteiger charge is 2.24. The summed E-state index contributed by atoms with van der Waals surface area (Å²) in [6, 6.07) is 9.14. The van der Waals surface area contributed by atoms with E-state index in [-0.39, 0.29) is 0 Å². The summed E-state index contributed by atoms with van der Waals surface area (Å²) in [5.74, 6) is 1.39. The van der Waals surface area contributed by atoms with Crippen LogP contribution in [-0.2, 0) is 0 Å². The van der Waals surface area contributed by atoms with Gasteiger partial charge in [0.1, 0.15) is 0 Å². The lowest BCUT2D eigenvalue weighted by atomic mass is 9.79. The molecule has 1 atom stereocenters. The van der Waals surface area contributed by atoms with Crippen molar-refractivity contribution in [3.63, 3.8) is 0 Å². The molecule has 0 radical (unpaired) electrons. The first-order chi connectivity index (χ1) is 9.13. The van der Waals surface area contributed by atoms with Gasteiger partial charge < -0.3 is 4.90 Å². The summed E-state index contributed by atoms with van der Waals surface area (Å²) in [5, 5.41) is 0. The summed E-state index contributed by atoms with van der Waals surface area (Å²) >= 11 is 0. The molecule has 1 aliphatic heterocycles. The molecule has 0 aromatic heterocycles. The minimum Gasteiger partial charge on any atom is -0.371 e. The standard InChI is InChI=1S/C18H23N/c1-13-4-9-18(15(3)10-13)16-5-7-17(8-6-16)19-11-14(2)12-19/h5-8,14,18H,1,3-4,9-12H2,2H3. The molecule has 0 N–H and O–H groups in total. The Morgan fingerprint density at radius 3 is 2.37 bits per heavy atom. The lowest BCUT2D eigenvalue weighted by molar-refractivity contribution is 0.447. The molecule has 1 unspecified atom stereocenters. The molecule has 1 saturated carbocycles. The molecular weight excluding hydrogens is 230 g/mol. The number of benzene rings is 1. The summed E-state index contributed by atoms with van der Waals surface area (Å²) in [5.41, 5.74) is 5.47. The fourth-order valence-electron chi connectivity index (χ4n) is 3.31. The van der Waals surface area contributed by atoms with Crippen LogP contribution in [0.2, 0.25) is 0 Å². The quantitative estimate of drug-likeness (QED) is 0.700. The molecule has 1 heterocycles. The monoisotopic (exact) mass is 253 g/mol. The molecule has 19 heavy (non-hydrogen) atoms. The molecule has 1 aromatic carbocycles. The maximum atomic E-state index is 4.25. The molecule has 0 amide bonds. The molecule has 1 saturated heterocycles. The molecule has 0 bridgehead atoms. The van der Waals surface area contributed by atoms with Gasteiger partial charge >= 0.3 is 0 Å².